The van der Waals surface area contributed by atoms with Crippen molar-refractivity contribution in [3.63, 3.8) is 0 Å². The van der Waals surface area contributed by atoms with Gasteiger partial charge in [-0.25, -0.2) is 0 Å². The molecule has 0 saturated carbocycles. The average Bonchev–Trinajstić information content (AvgIpc) is 2.27. The van der Waals surface area contributed by atoms with E-state index in [1.54, 1.807) is 0 Å². The van der Waals surface area contributed by atoms with Gasteiger partial charge in [0.25, 0.3) is 0 Å². The lowest BCUT2D eigenvalue weighted by Crippen LogP contribution is -2.08. The van der Waals surface area contributed by atoms with Gasteiger partial charge in [-0.1, -0.05) is 30.3 Å². The van der Waals surface area contributed by atoms with Crippen molar-refractivity contribution >= 4 is 5.69 Å². The number of rotatable bonds is 3. The van der Waals surface area contributed by atoms with Crippen LogP contribution in [0.15, 0.2) is 42.5 Å². The zero-order chi connectivity index (χ0) is 13.1. The second kappa shape index (κ2) is 5.26. The zero-order valence-electron chi connectivity index (χ0n) is 11.6. The maximum atomic E-state index is 3.58. The highest BCUT2D eigenvalue weighted by Gasteiger charge is 2.07. The van der Waals surface area contributed by atoms with Gasteiger partial charge < -0.3 is 5.32 Å². The van der Waals surface area contributed by atoms with Crippen LogP contribution in [0, 0.1) is 20.8 Å². The molecule has 0 aliphatic heterocycles. The van der Waals surface area contributed by atoms with Crippen LogP contribution < -0.4 is 5.32 Å². The standard InChI is InChI=1S/C17H21N/c1-12-9-13(2)11-16(10-12)18-15(4)17-8-6-5-7-14(17)3/h5-11,15,18H,1-4H3. The van der Waals surface area contributed by atoms with E-state index in [1.807, 2.05) is 0 Å². The Labute approximate surface area is 110 Å². The minimum atomic E-state index is 0.326. The molecule has 1 N–H and O–H groups in total. The molecule has 0 heterocycles. The highest BCUT2D eigenvalue weighted by molar-refractivity contribution is 5.50. The highest BCUT2D eigenvalue weighted by atomic mass is 14.9. The molecule has 2 aromatic rings. The van der Waals surface area contributed by atoms with Gasteiger partial charge >= 0.3 is 0 Å². The van der Waals surface area contributed by atoms with Crippen LogP contribution in [0.1, 0.15) is 35.2 Å². The van der Waals surface area contributed by atoms with Crippen LogP contribution in [0.25, 0.3) is 0 Å². The fraction of sp³-hybridized carbons (Fsp3) is 0.294. The van der Waals surface area contributed by atoms with Gasteiger partial charge in [0.15, 0.2) is 0 Å². The number of nitrogens with one attached hydrogen (secondary N) is 1. The summed E-state index contributed by atoms with van der Waals surface area (Å²) in [5.41, 5.74) is 6.49. The predicted octanol–water partition coefficient (Wildman–Crippen LogP) is 4.78. The molecular weight excluding hydrogens is 218 g/mol. The number of hydrogen-bond donors (Lipinski definition) is 1. The Morgan fingerprint density at radius 2 is 1.50 bits per heavy atom. The Balaban J connectivity index is 2.21. The smallest absolute Gasteiger partial charge is 0.0488 e. The number of benzene rings is 2. The molecule has 0 radical (unpaired) electrons. The van der Waals surface area contributed by atoms with Crippen LogP contribution in [-0.2, 0) is 0 Å². The van der Waals surface area contributed by atoms with Crippen LogP contribution in [0.3, 0.4) is 0 Å². The maximum Gasteiger partial charge on any atom is 0.0488 e. The molecule has 0 aliphatic rings. The van der Waals surface area contributed by atoms with Gasteiger partial charge in [-0.15, -0.1) is 0 Å². The molecule has 0 fully saturated rings. The van der Waals surface area contributed by atoms with E-state index < -0.39 is 0 Å². The molecule has 2 rings (SSSR count). The monoisotopic (exact) mass is 239 g/mol. The quantitative estimate of drug-likeness (QED) is 0.812. The first-order valence-corrected chi connectivity index (χ1v) is 6.46. The Kier molecular flexibility index (Phi) is 3.71. The summed E-state index contributed by atoms with van der Waals surface area (Å²) < 4.78 is 0. The first-order valence-electron chi connectivity index (χ1n) is 6.46. The van der Waals surface area contributed by atoms with Gasteiger partial charge in [-0.2, -0.15) is 0 Å². The van der Waals surface area contributed by atoms with E-state index in [4.69, 9.17) is 0 Å². The van der Waals surface area contributed by atoms with E-state index in [9.17, 15) is 0 Å². The molecular formula is C17H21N. The highest BCUT2D eigenvalue weighted by Crippen LogP contribution is 2.23. The molecule has 94 valence electrons. The van der Waals surface area contributed by atoms with Crippen molar-refractivity contribution in [2.45, 2.75) is 33.7 Å². The van der Waals surface area contributed by atoms with E-state index in [0.717, 1.165) is 0 Å². The second-order valence-corrected chi connectivity index (χ2v) is 5.10. The van der Waals surface area contributed by atoms with Gasteiger partial charge in [-0.3, -0.25) is 0 Å². The van der Waals surface area contributed by atoms with Crippen molar-refractivity contribution in [3.8, 4) is 0 Å². The molecule has 0 spiro atoms. The minimum Gasteiger partial charge on any atom is -0.378 e. The summed E-state index contributed by atoms with van der Waals surface area (Å²) in [6.45, 7) is 8.64. The van der Waals surface area contributed by atoms with E-state index in [1.165, 1.54) is 27.9 Å². The molecule has 1 atom stereocenters. The van der Waals surface area contributed by atoms with Crippen LogP contribution in [0.5, 0.6) is 0 Å². The summed E-state index contributed by atoms with van der Waals surface area (Å²) >= 11 is 0. The summed E-state index contributed by atoms with van der Waals surface area (Å²) in [4.78, 5) is 0. The predicted molar refractivity (Wildman–Crippen MR) is 79.1 cm³/mol. The lowest BCUT2D eigenvalue weighted by atomic mass is 10.0. The molecule has 0 bridgehead atoms. The van der Waals surface area contributed by atoms with Gasteiger partial charge in [0.2, 0.25) is 0 Å². The largest absolute Gasteiger partial charge is 0.378 e. The van der Waals surface area contributed by atoms with Gasteiger partial charge in [0.05, 0.1) is 0 Å². The van der Waals surface area contributed by atoms with Gasteiger partial charge in [0.1, 0.15) is 0 Å². The molecule has 0 aromatic heterocycles. The third-order valence-electron chi connectivity index (χ3n) is 3.26. The van der Waals surface area contributed by atoms with Crippen LogP contribution >= 0.6 is 0 Å². The number of aryl methyl sites for hydroxylation is 3. The van der Waals surface area contributed by atoms with Crippen molar-refractivity contribution in [3.05, 3.63) is 64.7 Å². The van der Waals surface area contributed by atoms with E-state index >= 15 is 0 Å². The minimum absolute atomic E-state index is 0.326. The first-order chi connectivity index (χ1) is 8.56. The van der Waals surface area contributed by atoms with E-state index in [2.05, 4.69) is 75.5 Å². The molecule has 0 amide bonds. The second-order valence-electron chi connectivity index (χ2n) is 5.10. The number of hydrogen-bond acceptors (Lipinski definition) is 1. The van der Waals surface area contributed by atoms with Crippen molar-refractivity contribution in [1.82, 2.24) is 0 Å². The molecule has 18 heavy (non-hydrogen) atoms. The van der Waals surface area contributed by atoms with Crippen molar-refractivity contribution in [2.75, 3.05) is 5.32 Å². The molecule has 0 saturated heterocycles. The Bertz CT molecular complexity index is 523. The van der Waals surface area contributed by atoms with Crippen molar-refractivity contribution in [2.24, 2.45) is 0 Å². The van der Waals surface area contributed by atoms with Gasteiger partial charge in [0, 0.05) is 11.7 Å². The number of anilines is 1. The lowest BCUT2D eigenvalue weighted by Gasteiger charge is -2.18. The third kappa shape index (κ3) is 2.92. The summed E-state index contributed by atoms with van der Waals surface area (Å²) in [6.07, 6.45) is 0. The van der Waals surface area contributed by atoms with Gasteiger partial charge in [-0.05, 0) is 62.1 Å². The van der Waals surface area contributed by atoms with Crippen molar-refractivity contribution < 1.29 is 0 Å². The fourth-order valence-electron chi connectivity index (χ4n) is 2.46. The third-order valence-corrected chi connectivity index (χ3v) is 3.26. The van der Waals surface area contributed by atoms with E-state index in [-0.39, 0.29) is 0 Å². The Hall–Kier alpha value is -1.76. The normalized spacial score (nSPS) is 12.2. The Morgan fingerprint density at radius 3 is 2.11 bits per heavy atom. The topological polar surface area (TPSA) is 12.0 Å². The molecule has 1 unspecified atom stereocenters. The molecule has 1 nitrogen and oxygen atoms in total. The summed E-state index contributed by atoms with van der Waals surface area (Å²) in [6, 6.07) is 15.5. The summed E-state index contributed by atoms with van der Waals surface area (Å²) in [7, 11) is 0. The lowest BCUT2D eigenvalue weighted by molar-refractivity contribution is 0.873. The SMILES string of the molecule is Cc1cc(C)cc(NC(C)c2ccccc2C)c1. The van der Waals surface area contributed by atoms with Crippen LogP contribution in [0.4, 0.5) is 5.69 Å². The summed E-state index contributed by atoms with van der Waals surface area (Å²) in [5, 5.41) is 3.58. The van der Waals surface area contributed by atoms with E-state index in [0.29, 0.717) is 6.04 Å². The zero-order valence-corrected chi connectivity index (χ0v) is 11.6. The molecule has 0 aliphatic carbocycles. The molecule has 2 aromatic carbocycles. The fourth-order valence-corrected chi connectivity index (χ4v) is 2.46. The first kappa shape index (κ1) is 12.7. The van der Waals surface area contributed by atoms with Crippen LogP contribution in [0.2, 0.25) is 0 Å². The summed E-state index contributed by atoms with van der Waals surface area (Å²) in [5.74, 6) is 0. The van der Waals surface area contributed by atoms with Crippen molar-refractivity contribution in [1.29, 1.82) is 0 Å². The van der Waals surface area contributed by atoms with Crippen LogP contribution in [-0.4, -0.2) is 0 Å². The average molecular weight is 239 g/mol. The molecule has 1 heteroatoms. The Morgan fingerprint density at radius 1 is 0.889 bits per heavy atom. The maximum absolute atomic E-state index is 3.58.